The Balaban J connectivity index is 2.11. The zero-order valence-corrected chi connectivity index (χ0v) is 8.33. The highest BCUT2D eigenvalue weighted by Gasteiger charge is 2.40. The lowest BCUT2D eigenvalue weighted by Crippen LogP contribution is -2.26. The van der Waals surface area contributed by atoms with Crippen LogP contribution in [0, 0.1) is 10.4 Å². The molecule has 66 valence electrons. The number of hydrogen-bond acceptors (Lipinski definition) is 0. The maximum absolute atomic E-state index is 2.41. The molecule has 0 unspecified atom stereocenters. The van der Waals surface area contributed by atoms with Gasteiger partial charge in [-0.05, 0) is 63.8 Å². The Kier molecular flexibility index (Phi) is 0.808. The van der Waals surface area contributed by atoms with Crippen LogP contribution >= 0.6 is 0 Å². The van der Waals surface area contributed by atoms with Crippen molar-refractivity contribution < 1.29 is 0 Å². The molecule has 13 heavy (non-hydrogen) atoms. The summed E-state index contributed by atoms with van der Waals surface area (Å²) in [5, 5.41) is 3.44. The van der Waals surface area contributed by atoms with E-state index in [2.05, 4.69) is 13.8 Å². The van der Waals surface area contributed by atoms with Gasteiger partial charge in [0.25, 0.3) is 0 Å². The Labute approximate surface area is 78.3 Å². The van der Waals surface area contributed by atoms with Crippen molar-refractivity contribution in [1.82, 2.24) is 0 Å². The lowest BCUT2D eigenvalue weighted by molar-refractivity contribution is 0.518. The van der Waals surface area contributed by atoms with Gasteiger partial charge in [-0.3, -0.25) is 0 Å². The fourth-order valence-corrected chi connectivity index (χ4v) is 3.55. The Bertz CT molecular complexity index is 532. The van der Waals surface area contributed by atoms with E-state index in [1.54, 1.807) is 32.7 Å². The molecule has 0 nitrogen and oxygen atoms in total. The van der Waals surface area contributed by atoms with Gasteiger partial charge in [-0.1, -0.05) is 13.8 Å². The van der Waals surface area contributed by atoms with E-state index in [-0.39, 0.29) is 0 Å². The minimum atomic E-state index is 0.502. The zero-order chi connectivity index (χ0) is 8.79. The smallest absolute Gasteiger partial charge is 0.00912 e. The van der Waals surface area contributed by atoms with Crippen molar-refractivity contribution >= 4 is 0 Å². The number of fused-ring (bicyclic) bond motifs is 6. The van der Waals surface area contributed by atoms with Gasteiger partial charge in [-0.15, -0.1) is 0 Å². The van der Waals surface area contributed by atoms with Gasteiger partial charge in [0, 0.05) is 0 Å². The second-order valence-electron chi connectivity index (χ2n) is 5.44. The van der Waals surface area contributed by atoms with E-state index in [4.69, 9.17) is 0 Å². The summed E-state index contributed by atoms with van der Waals surface area (Å²) in [6.07, 6.45) is 5.50. The van der Waals surface area contributed by atoms with Crippen LogP contribution in [-0.4, -0.2) is 0 Å². The van der Waals surface area contributed by atoms with E-state index in [0.29, 0.717) is 5.41 Å². The van der Waals surface area contributed by atoms with Crippen LogP contribution in [0.3, 0.4) is 0 Å². The monoisotopic (exact) mass is 170 g/mol. The van der Waals surface area contributed by atoms with Crippen molar-refractivity contribution in [3.05, 3.63) is 32.7 Å². The fourth-order valence-electron chi connectivity index (χ4n) is 3.55. The van der Waals surface area contributed by atoms with Crippen LogP contribution in [0.2, 0.25) is 0 Å². The standard InChI is InChI=1S/C13H14/c1-13(2)6-5-9-10-7-3-4-8(7)11(10)12(9)13/h3-6H2,1-2H3. The third kappa shape index (κ3) is 0.488. The lowest BCUT2D eigenvalue weighted by atomic mass is 9.68. The third-order valence-electron chi connectivity index (χ3n) is 4.37. The summed E-state index contributed by atoms with van der Waals surface area (Å²) in [5.41, 5.74) is 7.48. The van der Waals surface area contributed by atoms with E-state index in [1.165, 1.54) is 25.7 Å². The third-order valence-corrected chi connectivity index (χ3v) is 4.37. The second kappa shape index (κ2) is 1.58. The van der Waals surface area contributed by atoms with Crippen molar-refractivity contribution in [3.63, 3.8) is 0 Å². The van der Waals surface area contributed by atoms with Gasteiger partial charge in [0.2, 0.25) is 0 Å². The first-order chi connectivity index (χ1) is 6.20. The summed E-state index contributed by atoms with van der Waals surface area (Å²) in [6, 6.07) is 0. The average Bonchev–Trinajstić information content (AvgIpc) is 2.26. The Morgan fingerprint density at radius 3 is 2.23 bits per heavy atom. The molecule has 0 aromatic heterocycles. The lowest BCUT2D eigenvalue weighted by Gasteiger charge is -2.35. The molecule has 4 aliphatic carbocycles. The maximum atomic E-state index is 2.41. The van der Waals surface area contributed by atoms with Crippen LogP contribution in [0.4, 0.5) is 0 Å². The highest BCUT2D eigenvalue weighted by molar-refractivity contribution is 5.62. The molecule has 0 radical (unpaired) electrons. The Morgan fingerprint density at radius 1 is 0.846 bits per heavy atom. The maximum Gasteiger partial charge on any atom is -0.00912 e. The predicted octanol–water partition coefficient (Wildman–Crippen LogP) is 2.61. The van der Waals surface area contributed by atoms with Gasteiger partial charge in [0.1, 0.15) is 0 Å². The molecule has 0 bridgehead atoms. The summed E-state index contributed by atoms with van der Waals surface area (Å²) < 4.78 is 0. The highest BCUT2D eigenvalue weighted by Crippen LogP contribution is 2.50. The number of hydrogen-bond donors (Lipinski definition) is 0. The molecule has 4 aliphatic rings. The van der Waals surface area contributed by atoms with Gasteiger partial charge in [-0.25, -0.2) is 0 Å². The molecule has 4 rings (SSSR count). The molecule has 0 fully saturated rings. The van der Waals surface area contributed by atoms with Crippen LogP contribution in [0.15, 0.2) is 0 Å². The molecule has 0 saturated carbocycles. The van der Waals surface area contributed by atoms with Gasteiger partial charge >= 0.3 is 0 Å². The minimum Gasteiger partial charge on any atom is -0.0558 e. The number of benzene rings is 1. The molecule has 0 heterocycles. The Hall–Kier alpha value is -0.780. The normalized spacial score (nSPS) is 23.5. The van der Waals surface area contributed by atoms with Crippen LogP contribution < -0.4 is 0 Å². The van der Waals surface area contributed by atoms with Crippen molar-refractivity contribution in [2.24, 2.45) is 0 Å². The molecule has 0 amide bonds. The average molecular weight is 170 g/mol. The molecular formula is C13H14. The molecule has 0 atom stereocenters. The van der Waals surface area contributed by atoms with Crippen molar-refractivity contribution in [1.29, 1.82) is 0 Å². The van der Waals surface area contributed by atoms with Crippen molar-refractivity contribution in [2.75, 3.05) is 0 Å². The SMILES string of the molecule is CC1(C)CCc2c1c1c3c(c2=1)CC3. The van der Waals surface area contributed by atoms with Crippen LogP contribution in [-0.2, 0) is 24.7 Å². The topological polar surface area (TPSA) is 0 Å². The predicted molar refractivity (Wildman–Crippen MR) is 52.9 cm³/mol. The van der Waals surface area contributed by atoms with Crippen LogP contribution in [0.1, 0.15) is 42.5 Å². The van der Waals surface area contributed by atoms with E-state index in [0.717, 1.165) is 0 Å². The van der Waals surface area contributed by atoms with Crippen LogP contribution in [0.25, 0.3) is 0 Å². The summed E-state index contributed by atoms with van der Waals surface area (Å²) in [7, 11) is 0. The van der Waals surface area contributed by atoms with Gasteiger partial charge < -0.3 is 0 Å². The van der Waals surface area contributed by atoms with Gasteiger partial charge in [0.15, 0.2) is 0 Å². The Morgan fingerprint density at radius 2 is 1.54 bits per heavy atom. The molecule has 0 aromatic rings. The first kappa shape index (κ1) is 6.64. The van der Waals surface area contributed by atoms with E-state index in [9.17, 15) is 0 Å². The minimum absolute atomic E-state index is 0.502. The second-order valence-corrected chi connectivity index (χ2v) is 5.44. The molecule has 0 spiro atoms. The van der Waals surface area contributed by atoms with E-state index < -0.39 is 0 Å². The summed E-state index contributed by atoms with van der Waals surface area (Å²) in [4.78, 5) is 0. The summed E-state index contributed by atoms with van der Waals surface area (Å²) in [5.74, 6) is 0. The molecule has 0 aromatic carbocycles. The van der Waals surface area contributed by atoms with Crippen molar-refractivity contribution in [3.8, 4) is 0 Å². The zero-order valence-electron chi connectivity index (χ0n) is 8.33. The summed E-state index contributed by atoms with van der Waals surface area (Å²) in [6.45, 7) is 4.83. The van der Waals surface area contributed by atoms with Gasteiger partial charge in [-0.2, -0.15) is 0 Å². The number of rotatable bonds is 0. The summed E-state index contributed by atoms with van der Waals surface area (Å²) >= 11 is 0. The first-order valence-corrected chi connectivity index (χ1v) is 5.41. The molecule has 0 N–H and O–H groups in total. The highest BCUT2D eigenvalue weighted by atomic mass is 14.4. The van der Waals surface area contributed by atoms with Crippen LogP contribution in [0.5, 0.6) is 0 Å². The molecule has 0 saturated heterocycles. The van der Waals surface area contributed by atoms with Crippen molar-refractivity contribution in [2.45, 2.75) is 44.9 Å². The van der Waals surface area contributed by atoms with Gasteiger partial charge in [0.05, 0.1) is 0 Å². The molecule has 0 aliphatic heterocycles. The van der Waals surface area contributed by atoms with E-state index in [1.807, 2.05) is 0 Å². The quantitative estimate of drug-likeness (QED) is 0.570. The largest absolute Gasteiger partial charge is 0.0558 e. The first-order valence-electron chi connectivity index (χ1n) is 5.41. The molecular weight excluding hydrogens is 156 g/mol. The fraction of sp³-hybridized carbons (Fsp3) is 0.538. The molecule has 0 heteroatoms. The van der Waals surface area contributed by atoms with E-state index >= 15 is 0 Å².